The highest BCUT2D eigenvalue weighted by Gasteiger charge is 2.27. The summed E-state index contributed by atoms with van der Waals surface area (Å²) in [5, 5.41) is 25.1. The molecular weight excluding hydrogens is 499 g/mol. The number of aromatic nitrogens is 5. The van der Waals surface area contributed by atoms with E-state index in [1.807, 2.05) is 0 Å². The fourth-order valence-corrected chi connectivity index (χ4v) is 3.55. The van der Waals surface area contributed by atoms with Crippen LogP contribution in [0, 0.1) is 11.2 Å². The quantitative estimate of drug-likeness (QED) is 0.110. The second-order valence-corrected chi connectivity index (χ2v) is 7.87. The van der Waals surface area contributed by atoms with Crippen LogP contribution in [-0.2, 0) is 4.74 Å². The summed E-state index contributed by atoms with van der Waals surface area (Å²) in [4.78, 5) is 23.1. The lowest BCUT2D eigenvalue weighted by Gasteiger charge is -2.21. The monoisotopic (exact) mass is 524 g/mol. The number of ether oxygens (including phenoxy) is 3. The van der Waals surface area contributed by atoms with E-state index in [4.69, 9.17) is 25.4 Å². The summed E-state index contributed by atoms with van der Waals surface area (Å²) < 4.78 is 32.5. The lowest BCUT2D eigenvalue weighted by atomic mass is 10.0. The number of aromatic hydroxyl groups is 1. The molecule has 14 heteroatoms. The summed E-state index contributed by atoms with van der Waals surface area (Å²) in [6, 6.07) is 8.27. The van der Waals surface area contributed by atoms with Crippen LogP contribution in [0.1, 0.15) is 23.0 Å². The Hall–Kier alpha value is -4.98. The number of halogens is 1. The normalized spacial score (nSPS) is 11.7. The van der Waals surface area contributed by atoms with E-state index in [1.54, 1.807) is 24.3 Å². The Morgan fingerprint density at radius 2 is 1.95 bits per heavy atom. The number of methoxy groups -OCH3 is 2. The highest BCUT2D eigenvalue weighted by Crippen LogP contribution is 2.35. The van der Waals surface area contributed by atoms with Crippen molar-refractivity contribution in [1.82, 2.24) is 24.7 Å². The van der Waals surface area contributed by atoms with Crippen LogP contribution >= 0.6 is 0 Å². The van der Waals surface area contributed by atoms with E-state index >= 15 is 4.39 Å². The van der Waals surface area contributed by atoms with Gasteiger partial charge in [0.15, 0.2) is 17.4 Å². The lowest BCUT2D eigenvalue weighted by molar-refractivity contribution is 0.143. The van der Waals surface area contributed by atoms with Gasteiger partial charge in [-0.2, -0.15) is 4.68 Å². The molecule has 0 saturated carbocycles. The summed E-state index contributed by atoms with van der Waals surface area (Å²) in [5.41, 5.74) is 5.83. The molecule has 0 aliphatic carbocycles. The van der Waals surface area contributed by atoms with E-state index in [1.165, 1.54) is 38.7 Å². The first kappa shape index (κ1) is 26.1. The Kier molecular flexibility index (Phi) is 7.82. The summed E-state index contributed by atoms with van der Waals surface area (Å²) in [6.45, 7) is 0.317. The van der Waals surface area contributed by atoms with Crippen molar-refractivity contribution in [2.24, 2.45) is 5.73 Å². The number of hydrogen-bond acceptors (Lipinski definition) is 10. The number of rotatable bonds is 11. The number of nitrogen functional groups attached to an aromatic ring is 1. The standard InChI is InChI=1S/C24H25FN8O5/c1-36-9-10-38-17-12-15(37-2)11-16(18(17)25)19(30-14-5-3-13(4-6-14)20(26)27)21-31-24(35)33(32-21)22-23(34)29-8-7-28-22/h3-8,11-12,19,30H,9-10H2,1-2H3,(H3,26,27)(H,29,34)(H,31,32,35). The largest absolute Gasteiger partial charge is 0.497 e. The van der Waals surface area contributed by atoms with Crippen molar-refractivity contribution < 1.29 is 23.7 Å². The Labute approximate surface area is 215 Å². The maximum absolute atomic E-state index is 15.8. The molecule has 0 saturated heterocycles. The Morgan fingerprint density at radius 1 is 1.21 bits per heavy atom. The highest BCUT2D eigenvalue weighted by molar-refractivity contribution is 5.95. The molecule has 0 aliphatic heterocycles. The van der Waals surface area contributed by atoms with Gasteiger partial charge in [-0.1, -0.05) is 0 Å². The SMILES string of the molecule is COCCOc1cc(OC)cc(C(Nc2ccc(C(=N)N)cc2)c2nn(-c3nccnc3O)c(=O)[nH]2)c1F. The molecule has 2 aromatic carbocycles. The Morgan fingerprint density at radius 3 is 2.61 bits per heavy atom. The molecule has 0 fully saturated rings. The molecule has 13 nitrogen and oxygen atoms in total. The molecule has 0 aliphatic rings. The minimum atomic E-state index is -1.08. The minimum absolute atomic E-state index is 0.00862. The summed E-state index contributed by atoms with van der Waals surface area (Å²) in [7, 11) is 2.92. The number of nitrogens with zero attached hydrogens (tertiary/aromatic N) is 4. The lowest BCUT2D eigenvalue weighted by Crippen LogP contribution is -2.18. The summed E-state index contributed by atoms with van der Waals surface area (Å²) in [6.07, 6.45) is 2.54. The maximum Gasteiger partial charge on any atom is 0.349 e. The zero-order valence-corrected chi connectivity index (χ0v) is 20.4. The van der Waals surface area contributed by atoms with Gasteiger partial charge in [-0.3, -0.25) is 10.4 Å². The van der Waals surface area contributed by atoms with Crippen molar-refractivity contribution in [2.45, 2.75) is 6.04 Å². The second-order valence-electron chi connectivity index (χ2n) is 7.87. The Bertz CT molecular complexity index is 1490. The van der Waals surface area contributed by atoms with E-state index < -0.39 is 23.4 Å². The molecule has 0 amide bonds. The first-order valence-electron chi connectivity index (χ1n) is 11.2. The van der Waals surface area contributed by atoms with E-state index in [-0.39, 0.29) is 42.0 Å². The van der Waals surface area contributed by atoms with Crippen LogP contribution < -0.4 is 26.2 Å². The van der Waals surface area contributed by atoms with Gasteiger partial charge < -0.3 is 30.4 Å². The van der Waals surface area contributed by atoms with E-state index in [0.717, 1.165) is 4.68 Å². The van der Waals surface area contributed by atoms with Crippen molar-refractivity contribution in [3.8, 4) is 23.2 Å². The average molecular weight is 525 g/mol. The zero-order chi connectivity index (χ0) is 27.2. The van der Waals surface area contributed by atoms with Gasteiger partial charge in [-0.15, -0.1) is 5.10 Å². The van der Waals surface area contributed by atoms with Crippen LogP contribution in [0.5, 0.6) is 17.4 Å². The second kappa shape index (κ2) is 11.4. The average Bonchev–Trinajstić information content (AvgIpc) is 3.30. The molecule has 0 spiro atoms. The van der Waals surface area contributed by atoms with Crippen LogP contribution in [0.2, 0.25) is 0 Å². The molecule has 0 radical (unpaired) electrons. The number of amidine groups is 1. The van der Waals surface area contributed by atoms with Crippen LogP contribution in [0.4, 0.5) is 10.1 Å². The molecule has 4 aromatic rings. The van der Waals surface area contributed by atoms with Gasteiger partial charge in [-0.05, 0) is 30.3 Å². The topological polar surface area (TPSA) is 186 Å². The van der Waals surface area contributed by atoms with Crippen LogP contribution in [0.15, 0.2) is 53.6 Å². The van der Waals surface area contributed by atoms with Gasteiger partial charge in [0.2, 0.25) is 5.82 Å². The third kappa shape index (κ3) is 5.54. The molecule has 38 heavy (non-hydrogen) atoms. The molecule has 0 bridgehead atoms. The van der Waals surface area contributed by atoms with Gasteiger partial charge in [-0.25, -0.2) is 19.2 Å². The van der Waals surface area contributed by atoms with Gasteiger partial charge >= 0.3 is 5.69 Å². The summed E-state index contributed by atoms with van der Waals surface area (Å²) in [5.74, 6) is -1.37. The van der Waals surface area contributed by atoms with Crippen molar-refractivity contribution in [2.75, 3.05) is 32.8 Å². The van der Waals surface area contributed by atoms with Crippen molar-refractivity contribution in [3.63, 3.8) is 0 Å². The third-order valence-corrected chi connectivity index (χ3v) is 5.41. The molecular formula is C24H25FN8O5. The number of hydrogen-bond donors (Lipinski definition) is 5. The van der Waals surface area contributed by atoms with Gasteiger partial charge in [0.25, 0.3) is 5.88 Å². The van der Waals surface area contributed by atoms with Gasteiger partial charge in [0.1, 0.15) is 24.2 Å². The molecule has 198 valence electrons. The molecule has 2 aromatic heterocycles. The van der Waals surface area contributed by atoms with Crippen LogP contribution in [0.25, 0.3) is 5.82 Å². The molecule has 2 heterocycles. The number of anilines is 1. The first-order chi connectivity index (χ1) is 18.3. The molecule has 6 N–H and O–H groups in total. The number of aromatic amines is 1. The van der Waals surface area contributed by atoms with Crippen LogP contribution in [-0.4, -0.2) is 63.1 Å². The van der Waals surface area contributed by atoms with Crippen molar-refractivity contribution in [3.05, 3.63) is 82.0 Å². The predicted octanol–water partition coefficient (Wildman–Crippen LogP) is 1.71. The fourth-order valence-electron chi connectivity index (χ4n) is 3.55. The zero-order valence-electron chi connectivity index (χ0n) is 20.4. The van der Waals surface area contributed by atoms with E-state index in [0.29, 0.717) is 17.0 Å². The predicted molar refractivity (Wildman–Crippen MR) is 135 cm³/mol. The van der Waals surface area contributed by atoms with Gasteiger partial charge in [0, 0.05) is 42.4 Å². The third-order valence-electron chi connectivity index (χ3n) is 5.41. The number of H-pyrrole nitrogens is 1. The van der Waals surface area contributed by atoms with Crippen molar-refractivity contribution in [1.29, 1.82) is 5.41 Å². The number of benzene rings is 2. The maximum atomic E-state index is 15.8. The fraction of sp³-hybridized carbons (Fsp3) is 0.208. The number of nitrogens with one attached hydrogen (secondary N) is 3. The molecule has 1 atom stereocenters. The first-order valence-corrected chi connectivity index (χ1v) is 11.2. The smallest absolute Gasteiger partial charge is 0.349 e. The van der Waals surface area contributed by atoms with Crippen LogP contribution in [0.3, 0.4) is 0 Å². The highest BCUT2D eigenvalue weighted by atomic mass is 19.1. The molecule has 4 rings (SSSR count). The van der Waals surface area contributed by atoms with Gasteiger partial charge in [0.05, 0.1) is 13.7 Å². The minimum Gasteiger partial charge on any atom is -0.497 e. The van der Waals surface area contributed by atoms with E-state index in [9.17, 15) is 9.90 Å². The number of nitrogens with two attached hydrogens (primary N) is 1. The van der Waals surface area contributed by atoms with E-state index in [2.05, 4.69) is 25.4 Å². The molecule has 1 unspecified atom stereocenters. The Balaban J connectivity index is 1.84. The summed E-state index contributed by atoms with van der Waals surface area (Å²) >= 11 is 0. The van der Waals surface area contributed by atoms with Crippen molar-refractivity contribution >= 4 is 11.5 Å².